The Balaban J connectivity index is 1.57. The Labute approximate surface area is 168 Å². The van der Waals surface area contributed by atoms with Gasteiger partial charge in [-0.15, -0.1) is 0 Å². The molecule has 0 atom stereocenters. The quantitative estimate of drug-likeness (QED) is 0.709. The molecule has 3 heterocycles. The molecule has 4 rings (SSSR count). The van der Waals surface area contributed by atoms with Gasteiger partial charge in [0.25, 0.3) is 5.91 Å². The number of aromatic nitrogens is 1. The minimum atomic E-state index is -3.20. The van der Waals surface area contributed by atoms with Crippen LogP contribution >= 0.6 is 0 Å². The van der Waals surface area contributed by atoms with Gasteiger partial charge in [-0.3, -0.25) is 4.79 Å². The smallest absolute Gasteiger partial charge is 0.257 e. The second-order valence-corrected chi connectivity index (χ2v) is 8.97. The van der Waals surface area contributed by atoms with Crippen molar-refractivity contribution in [2.75, 3.05) is 42.7 Å². The number of carbonyl (C=O) groups excluding carboxylic acids is 1. The third-order valence-electron chi connectivity index (χ3n) is 5.05. The van der Waals surface area contributed by atoms with E-state index in [0.717, 1.165) is 11.3 Å². The van der Waals surface area contributed by atoms with Crippen molar-refractivity contribution in [2.45, 2.75) is 0 Å². The summed E-state index contributed by atoms with van der Waals surface area (Å²) >= 11 is 0. The maximum atomic E-state index is 13.8. The molecule has 1 fully saturated rings. The number of fused-ring (bicyclic) bond motifs is 1. The number of anilines is 2. The molecule has 29 heavy (non-hydrogen) atoms. The number of pyridine rings is 1. The van der Waals surface area contributed by atoms with E-state index >= 15 is 0 Å². The van der Waals surface area contributed by atoms with E-state index in [0.29, 0.717) is 31.7 Å². The van der Waals surface area contributed by atoms with E-state index < -0.39 is 21.7 Å². The molecule has 152 valence electrons. The van der Waals surface area contributed by atoms with Crippen molar-refractivity contribution in [1.82, 2.24) is 8.71 Å². The van der Waals surface area contributed by atoms with Gasteiger partial charge in [0.15, 0.2) is 0 Å². The number of para-hydroxylation sites is 1. The highest BCUT2D eigenvalue weighted by atomic mass is 32.2. The molecule has 0 bridgehead atoms. The molecule has 0 unspecified atom stereocenters. The van der Waals surface area contributed by atoms with Crippen molar-refractivity contribution in [3.63, 3.8) is 0 Å². The number of nitrogens with zero attached hydrogens (tertiary/aromatic N) is 3. The van der Waals surface area contributed by atoms with Crippen molar-refractivity contribution < 1.29 is 17.6 Å². The first-order valence-corrected chi connectivity index (χ1v) is 11.0. The summed E-state index contributed by atoms with van der Waals surface area (Å²) in [5.41, 5.74) is 1.43. The number of rotatable bonds is 4. The highest BCUT2D eigenvalue weighted by Crippen LogP contribution is 2.23. The molecular formula is C20H21FN4O3S. The van der Waals surface area contributed by atoms with Crippen molar-refractivity contribution in [2.24, 2.45) is 0 Å². The Hall–Kier alpha value is -2.91. The fourth-order valence-corrected chi connectivity index (χ4v) is 4.31. The first kappa shape index (κ1) is 19.4. The van der Waals surface area contributed by atoms with Gasteiger partial charge in [0, 0.05) is 37.9 Å². The standard InChI is InChI=1S/C20H21FN4O3S/c1-29(27,28)24-12-10-23(11-13-24)19-9-8-16-7-6-15(14-25(16)19)20(26)22-18-5-3-2-4-17(18)21/h2-9,14H,10-13H2,1H3,(H,22,26). The molecule has 0 saturated carbocycles. The van der Waals surface area contributed by atoms with E-state index in [1.807, 2.05) is 22.6 Å². The molecule has 3 aromatic rings. The summed E-state index contributed by atoms with van der Waals surface area (Å²) in [4.78, 5) is 14.7. The Bertz CT molecular complexity index is 1170. The average molecular weight is 416 g/mol. The van der Waals surface area contributed by atoms with E-state index in [1.54, 1.807) is 24.4 Å². The largest absolute Gasteiger partial charge is 0.355 e. The minimum absolute atomic E-state index is 0.127. The summed E-state index contributed by atoms with van der Waals surface area (Å²) in [7, 11) is -3.20. The molecule has 1 saturated heterocycles. The van der Waals surface area contributed by atoms with Crippen LogP contribution in [0.25, 0.3) is 5.52 Å². The fourth-order valence-electron chi connectivity index (χ4n) is 3.48. The second kappa shape index (κ2) is 7.49. The number of nitrogens with one attached hydrogen (secondary N) is 1. The lowest BCUT2D eigenvalue weighted by atomic mass is 10.2. The molecule has 9 heteroatoms. The lowest BCUT2D eigenvalue weighted by Crippen LogP contribution is -2.48. The number of sulfonamides is 1. The Morgan fingerprint density at radius 2 is 1.69 bits per heavy atom. The second-order valence-electron chi connectivity index (χ2n) is 6.99. The molecule has 0 radical (unpaired) electrons. The summed E-state index contributed by atoms with van der Waals surface area (Å²) in [6.07, 6.45) is 2.93. The maximum Gasteiger partial charge on any atom is 0.257 e. The van der Waals surface area contributed by atoms with Crippen molar-refractivity contribution in [3.05, 3.63) is 66.1 Å². The van der Waals surface area contributed by atoms with E-state index in [2.05, 4.69) is 10.2 Å². The summed E-state index contributed by atoms with van der Waals surface area (Å²) in [5, 5.41) is 2.59. The molecular weight excluding hydrogens is 395 g/mol. The molecule has 0 spiro atoms. The van der Waals surface area contributed by atoms with Crippen LogP contribution in [0, 0.1) is 5.82 Å². The molecule has 0 aliphatic carbocycles. The van der Waals surface area contributed by atoms with Gasteiger partial charge in [-0.25, -0.2) is 12.8 Å². The molecule has 1 aromatic carbocycles. The van der Waals surface area contributed by atoms with Crippen LogP contribution < -0.4 is 10.2 Å². The summed E-state index contributed by atoms with van der Waals surface area (Å²) in [6, 6.07) is 13.4. The summed E-state index contributed by atoms with van der Waals surface area (Å²) in [6.45, 7) is 1.95. The monoisotopic (exact) mass is 416 g/mol. The average Bonchev–Trinajstić information content (AvgIpc) is 3.12. The highest BCUT2D eigenvalue weighted by molar-refractivity contribution is 7.88. The Kier molecular flexibility index (Phi) is 5.01. The highest BCUT2D eigenvalue weighted by Gasteiger charge is 2.24. The van der Waals surface area contributed by atoms with Gasteiger partial charge in [-0.1, -0.05) is 12.1 Å². The minimum Gasteiger partial charge on any atom is -0.355 e. The maximum absolute atomic E-state index is 13.8. The number of hydrogen-bond donors (Lipinski definition) is 1. The van der Waals surface area contributed by atoms with Crippen LogP contribution in [0.2, 0.25) is 0 Å². The van der Waals surface area contributed by atoms with Crippen LogP contribution in [-0.4, -0.2) is 55.5 Å². The third-order valence-corrected chi connectivity index (χ3v) is 6.35. The van der Waals surface area contributed by atoms with Crippen LogP contribution in [0.1, 0.15) is 10.4 Å². The van der Waals surface area contributed by atoms with Gasteiger partial charge >= 0.3 is 0 Å². The first-order chi connectivity index (χ1) is 13.8. The number of halogens is 1. The van der Waals surface area contributed by atoms with Crippen molar-refractivity contribution in [1.29, 1.82) is 0 Å². The number of hydrogen-bond acceptors (Lipinski definition) is 4. The van der Waals surface area contributed by atoms with Crippen LogP contribution in [-0.2, 0) is 10.0 Å². The first-order valence-electron chi connectivity index (χ1n) is 9.20. The van der Waals surface area contributed by atoms with Gasteiger partial charge in [0.2, 0.25) is 10.0 Å². The number of carbonyl (C=O) groups is 1. The van der Waals surface area contributed by atoms with E-state index in [9.17, 15) is 17.6 Å². The van der Waals surface area contributed by atoms with Gasteiger partial charge < -0.3 is 14.6 Å². The van der Waals surface area contributed by atoms with Crippen LogP contribution in [0.3, 0.4) is 0 Å². The number of benzene rings is 1. The summed E-state index contributed by atoms with van der Waals surface area (Å²) in [5.74, 6) is -0.0143. The predicted octanol–water partition coefficient (Wildman–Crippen LogP) is 2.41. The van der Waals surface area contributed by atoms with Gasteiger partial charge in [-0.2, -0.15) is 4.31 Å². The van der Waals surface area contributed by atoms with E-state index in [1.165, 1.54) is 22.7 Å². The van der Waals surface area contributed by atoms with Crippen LogP contribution in [0.15, 0.2) is 54.7 Å². The molecule has 1 amide bonds. The van der Waals surface area contributed by atoms with Crippen molar-refractivity contribution in [3.8, 4) is 0 Å². The van der Waals surface area contributed by atoms with E-state index in [4.69, 9.17) is 0 Å². The van der Waals surface area contributed by atoms with Crippen LogP contribution in [0.5, 0.6) is 0 Å². The lowest BCUT2D eigenvalue weighted by Gasteiger charge is -2.34. The number of piperazine rings is 1. The van der Waals surface area contributed by atoms with Crippen LogP contribution in [0.4, 0.5) is 15.9 Å². The molecule has 1 N–H and O–H groups in total. The zero-order valence-electron chi connectivity index (χ0n) is 15.9. The Morgan fingerprint density at radius 3 is 2.38 bits per heavy atom. The predicted molar refractivity (Wildman–Crippen MR) is 110 cm³/mol. The zero-order valence-corrected chi connectivity index (χ0v) is 16.7. The summed E-state index contributed by atoms with van der Waals surface area (Å²) < 4.78 is 40.6. The number of amides is 1. The lowest BCUT2D eigenvalue weighted by molar-refractivity contribution is 0.102. The third kappa shape index (κ3) is 3.96. The van der Waals surface area contributed by atoms with Crippen molar-refractivity contribution >= 4 is 33.0 Å². The molecule has 1 aliphatic rings. The zero-order chi connectivity index (χ0) is 20.6. The fraction of sp³-hybridized carbons (Fsp3) is 0.250. The van der Waals surface area contributed by atoms with Gasteiger partial charge in [0.05, 0.1) is 17.5 Å². The molecule has 7 nitrogen and oxygen atoms in total. The van der Waals surface area contributed by atoms with E-state index in [-0.39, 0.29) is 5.69 Å². The normalized spacial score (nSPS) is 15.6. The molecule has 1 aliphatic heterocycles. The topological polar surface area (TPSA) is 74.1 Å². The van der Waals surface area contributed by atoms with Gasteiger partial charge in [-0.05, 0) is 36.4 Å². The SMILES string of the molecule is CS(=O)(=O)N1CCN(c2ccc3ccc(C(=O)Nc4ccccc4F)cn23)CC1. The van der Waals surface area contributed by atoms with Gasteiger partial charge in [0.1, 0.15) is 11.6 Å². The molecule has 2 aromatic heterocycles. The Morgan fingerprint density at radius 1 is 1.00 bits per heavy atom.